The lowest BCUT2D eigenvalue weighted by atomic mass is 10.2. The largest absolute Gasteiger partial charge is 0.309 e. The van der Waals surface area contributed by atoms with Crippen molar-refractivity contribution in [2.45, 2.75) is 18.9 Å². The fourth-order valence-electron chi connectivity index (χ4n) is 2.73. The van der Waals surface area contributed by atoms with Gasteiger partial charge >= 0.3 is 0 Å². The molecule has 1 N–H and O–H groups in total. The van der Waals surface area contributed by atoms with E-state index in [4.69, 9.17) is 9.97 Å². The van der Waals surface area contributed by atoms with Crippen LogP contribution in [-0.2, 0) is 0 Å². The normalized spacial score (nSPS) is 18.4. The highest BCUT2D eigenvalue weighted by Gasteiger charge is 2.20. The average molecular weight is 360 g/mol. The molecule has 1 saturated heterocycles. The maximum atomic E-state index is 4.79. The summed E-state index contributed by atoms with van der Waals surface area (Å²) in [6.07, 6.45) is 2.41. The first-order chi connectivity index (χ1) is 10.3. The zero-order valence-electron chi connectivity index (χ0n) is 11.3. The second kappa shape index (κ2) is 5.48. The Morgan fingerprint density at radius 1 is 1.24 bits per heavy atom. The van der Waals surface area contributed by atoms with Crippen LogP contribution in [0.15, 0.2) is 40.2 Å². The van der Waals surface area contributed by atoms with Crippen molar-refractivity contribution in [2.75, 3.05) is 6.54 Å². The summed E-state index contributed by atoms with van der Waals surface area (Å²) in [6.45, 7) is 1.09. The first-order valence-corrected chi connectivity index (χ1v) is 8.73. The molecule has 1 atom stereocenters. The molecule has 1 aliphatic heterocycles. The SMILES string of the molecule is Brc1cc2ccccc2nc1-c1nc(C2CCCN2)cs1. The van der Waals surface area contributed by atoms with E-state index in [0.29, 0.717) is 6.04 Å². The monoisotopic (exact) mass is 359 g/mol. The van der Waals surface area contributed by atoms with Gasteiger partial charge in [-0.05, 0) is 47.4 Å². The number of rotatable bonds is 2. The number of hydrogen-bond acceptors (Lipinski definition) is 4. The molecule has 106 valence electrons. The highest BCUT2D eigenvalue weighted by Crippen LogP contribution is 2.34. The molecular weight excluding hydrogens is 346 g/mol. The minimum Gasteiger partial charge on any atom is -0.309 e. The molecule has 0 amide bonds. The van der Waals surface area contributed by atoms with Crippen LogP contribution in [0.1, 0.15) is 24.6 Å². The molecule has 1 fully saturated rings. The van der Waals surface area contributed by atoms with Crippen molar-refractivity contribution in [2.24, 2.45) is 0 Å². The van der Waals surface area contributed by atoms with Crippen LogP contribution in [0.4, 0.5) is 0 Å². The van der Waals surface area contributed by atoms with Gasteiger partial charge < -0.3 is 5.32 Å². The predicted octanol–water partition coefficient (Wildman–Crippen LogP) is 4.55. The van der Waals surface area contributed by atoms with E-state index >= 15 is 0 Å². The smallest absolute Gasteiger partial charge is 0.143 e. The van der Waals surface area contributed by atoms with E-state index in [1.807, 2.05) is 18.2 Å². The van der Waals surface area contributed by atoms with Crippen molar-refractivity contribution in [3.05, 3.63) is 45.9 Å². The van der Waals surface area contributed by atoms with E-state index in [1.54, 1.807) is 11.3 Å². The summed E-state index contributed by atoms with van der Waals surface area (Å²) >= 11 is 5.30. The summed E-state index contributed by atoms with van der Waals surface area (Å²) in [4.78, 5) is 9.56. The number of halogens is 1. The molecule has 21 heavy (non-hydrogen) atoms. The van der Waals surface area contributed by atoms with Crippen LogP contribution in [0.5, 0.6) is 0 Å². The van der Waals surface area contributed by atoms with Gasteiger partial charge in [-0.1, -0.05) is 18.2 Å². The van der Waals surface area contributed by atoms with E-state index in [-0.39, 0.29) is 0 Å². The first kappa shape index (κ1) is 13.4. The van der Waals surface area contributed by atoms with Gasteiger partial charge in [0, 0.05) is 15.2 Å². The van der Waals surface area contributed by atoms with Crippen molar-refractivity contribution in [1.82, 2.24) is 15.3 Å². The van der Waals surface area contributed by atoms with Crippen molar-refractivity contribution in [3.8, 4) is 10.7 Å². The zero-order chi connectivity index (χ0) is 14.2. The van der Waals surface area contributed by atoms with Crippen LogP contribution in [0, 0.1) is 0 Å². The highest BCUT2D eigenvalue weighted by atomic mass is 79.9. The Morgan fingerprint density at radius 3 is 3.00 bits per heavy atom. The number of hydrogen-bond donors (Lipinski definition) is 1. The van der Waals surface area contributed by atoms with E-state index in [0.717, 1.165) is 38.3 Å². The van der Waals surface area contributed by atoms with Crippen LogP contribution < -0.4 is 5.32 Å². The summed E-state index contributed by atoms with van der Waals surface area (Å²) in [5.41, 5.74) is 3.09. The molecule has 3 heterocycles. The van der Waals surface area contributed by atoms with Gasteiger partial charge in [0.25, 0.3) is 0 Å². The molecule has 0 spiro atoms. The van der Waals surface area contributed by atoms with Gasteiger partial charge in [-0.3, -0.25) is 0 Å². The number of thiazole rings is 1. The molecule has 3 nitrogen and oxygen atoms in total. The third-order valence-electron chi connectivity index (χ3n) is 3.82. The summed E-state index contributed by atoms with van der Waals surface area (Å²) in [5.74, 6) is 0. The Morgan fingerprint density at radius 2 is 2.14 bits per heavy atom. The summed E-state index contributed by atoms with van der Waals surface area (Å²) in [6, 6.07) is 10.7. The van der Waals surface area contributed by atoms with Crippen LogP contribution in [-0.4, -0.2) is 16.5 Å². The molecule has 1 aromatic carbocycles. The Kier molecular flexibility index (Phi) is 3.49. The van der Waals surface area contributed by atoms with Crippen molar-refractivity contribution >= 4 is 38.2 Å². The van der Waals surface area contributed by atoms with Crippen LogP contribution in [0.25, 0.3) is 21.6 Å². The fraction of sp³-hybridized carbons (Fsp3) is 0.250. The fourth-order valence-corrected chi connectivity index (χ4v) is 4.26. The summed E-state index contributed by atoms with van der Waals surface area (Å²) in [7, 11) is 0. The van der Waals surface area contributed by atoms with Crippen LogP contribution >= 0.6 is 27.3 Å². The molecule has 5 heteroatoms. The quantitative estimate of drug-likeness (QED) is 0.729. The average Bonchev–Trinajstić information content (AvgIpc) is 3.17. The Balaban J connectivity index is 1.77. The number of para-hydroxylation sites is 1. The minimum atomic E-state index is 0.411. The molecule has 0 radical (unpaired) electrons. The standard InChI is InChI=1S/C16H14BrN3S/c17-11-8-10-4-1-2-5-12(10)19-15(11)16-20-14(9-21-16)13-6-3-7-18-13/h1-2,4-5,8-9,13,18H,3,6-7H2. The van der Waals surface area contributed by atoms with E-state index in [1.165, 1.54) is 12.8 Å². The van der Waals surface area contributed by atoms with Crippen LogP contribution in [0.3, 0.4) is 0 Å². The lowest BCUT2D eigenvalue weighted by Gasteiger charge is -2.06. The number of pyridine rings is 1. The lowest BCUT2D eigenvalue weighted by molar-refractivity contribution is 0.632. The molecule has 0 bridgehead atoms. The van der Waals surface area contributed by atoms with Crippen molar-refractivity contribution in [1.29, 1.82) is 0 Å². The van der Waals surface area contributed by atoms with Gasteiger partial charge in [-0.25, -0.2) is 9.97 Å². The maximum Gasteiger partial charge on any atom is 0.143 e. The number of nitrogens with one attached hydrogen (secondary N) is 1. The van der Waals surface area contributed by atoms with E-state index in [2.05, 4.69) is 38.8 Å². The predicted molar refractivity (Wildman–Crippen MR) is 90.5 cm³/mol. The summed E-state index contributed by atoms with van der Waals surface area (Å²) < 4.78 is 1.00. The van der Waals surface area contributed by atoms with Gasteiger partial charge in [0.15, 0.2) is 0 Å². The van der Waals surface area contributed by atoms with Gasteiger partial charge in [-0.2, -0.15) is 0 Å². The topological polar surface area (TPSA) is 37.8 Å². The third-order valence-corrected chi connectivity index (χ3v) is 5.29. The molecule has 3 aromatic rings. The molecule has 1 aliphatic rings. The first-order valence-electron chi connectivity index (χ1n) is 7.06. The molecule has 0 aliphatic carbocycles. The molecule has 2 aromatic heterocycles. The number of benzene rings is 1. The third kappa shape index (κ3) is 2.50. The second-order valence-corrected chi connectivity index (χ2v) is 6.95. The Hall–Kier alpha value is -1.30. The number of aromatic nitrogens is 2. The Labute approximate surface area is 135 Å². The zero-order valence-corrected chi connectivity index (χ0v) is 13.7. The second-order valence-electron chi connectivity index (χ2n) is 5.24. The minimum absolute atomic E-state index is 0.411. The number of nitrogens with zero attached hydrogens (tertiary/aromatic N) is 2. The maximum absolute atomic E-state index is 4.79. The molecule has 4 rings (SSSR count). The van der Waals surface area contributed by atoms with Crippen molar-refractivity contribution < 1.29 is 0 Å². The molecular formula is C16H14BrN3S. The van der Waals surface area contributed by atoms with Gasteiger partial charge in [0.05, 0.1) is 17.3 Å². The van der Waals surface area contributed by atoms with Gasteiger partial charge in [0.2, 0.25) is 0 Å². The molecule has 0 saturated carbocycles. The summed E-state index contributed by atoms with van der Waals surface area (Å²) in [5, 5.41) is 7.77. The van der Waals surface area contributed by atoms with Gasteiger partial charge in [-0.15, -0.1) is 11.3 Å². The van der Waals surface area contributed by atoms with Crippen LogP contribution in [0.2, 0.25) is 0 Å². The van der Waals surface area contributed by atoms with E-state index in [9.17, 15) is 0 Å². The van der Waals surface area contributed by atoms with Crippen molar-refractivity contribution in [3.63, 3.8) is 0 Å². The van der Waals surface area contributed by atoms with Gasteiger partial charge in [0.1, 0.15) is 10.7 Å². The lowest BCUT2D eigenvalue weighted by Crippen LogP contribution is -2.12. The number of fused-ring (bicyclic) bond motifs is 1. The Bertz CT molecular complexity index is 793. The highest BCUT2D eigenvalue weighted by molar-refractivity contribution is 9.10. The van der Waals surface area contributed by atoms with E-state index < -0.39 is 0 Å². The molecule has 1 unspecified atom stereocenters.